The highest BCUT2D eigenvalue weighted by Crippen LogP contribution is 2.60. The van der Waals surface area contributed by atoms with E-state index in [4.69, 9.17) is 4.74 Å². The van der Waals surface area contributed by atoms with Gasteiger partial charge in [0.05, 0.1) is 19.8 Å². The zero-order chi connectivity index (χ0) is 19.1. The van der Waals surface area contributed by atoms with Gasteiger partial charge in [0, 0.05) is 29.8 Å². The number of hydrogen-bond acceptors (Lipinski definition) is 4. The van der Waals surface area contributed by atoms with Gasteiger partial charge in [-0.3, -0.25) is 9.59 Å². The molecule has 5 heteroatoms. The SMILES string of the molecule is O=C(CNC(=O)C12CC3CC(CC(C3)C1)C2)c1ccc(N2CCOCC2)cc1. The zero-order valence-corrected chi connectivity index (χ0v) is 16.5. The summed E-state index contributed by atoms with van der Waals surface area (Å²) in [6.45, 7) is 3.37. The largest absolute Gasteiger partial charge is 0.378 e. The van der Waals surface area contributed by atoms with E-state index in [0.717, 1.165) is 69.0 Å². The van der Waals surface area contributed by atoms with E-state index >= 15 is 0 Å². The number of ketones is 1. The first kappa shape index (κ1) is 18.2. The fourth-order valence-electron chi connectivity index (χ4n) is 6.52. The van der Waals surface area contributed by atoms with Crippen LogP contribution in [0.1, 0.15) is 48.9 Å². The van der Waals surface area contributed by atoms with Crippen LogP contribution >= 0.6 is 0 Å². The number of nitrogens with zero attached hydrogens (tertiary/aromatic N) is 1. The summed E-state index contributed by atoms with van der Waals surface area (Å²) in [7, 11) is 0. The van der Waals surface area contributed by atoms with E-state index in [1.165, 1.54) is 19.3 Å². The van der Waals surface area contributed by atoms with Crippen LogP contribution in [-0.2, 0) is 9.53 Å². The summed E-state index contributed by atoms with van der Waals surface area (Å²) in [5.41, 5.74) is 1.61. The molecule has 0 radical (unpaired) electrons. The summed E-state index contributed by atoms with van der Waals surface area (Å²) in [6.07, 6.45) is 7.07. The minimum absolute atomic E-state index is 0.00777. The summed E-state index contributed by atoms with van der Waals surface area (Å²) in [6, 6.07) is 7.76. The smallest absolute Gasteiger partial charge is 0.226 e. The summed E-state index contributed by atoms with van der Waals surface area (Å²) in [5.74, 6) is 2.33. The molecule has 1 aromatic carbocycles. The van der Waals surface area contributed by atoms with Crippen LogP contribution < -0.4 is 10.2 Å². The van der Waals surface area contributed by atoms with E-state index in [9.17, 15) is 9.59 Å². The highest BCUT2D eigenvalue weighted by Gasteiger charge is 2.54. The molecule has 0 unspecified atom stereocenters. The number of ether oxygens (including phenoxy) is 1. The summed E-state index contributed by atoms with van der Waals surface area (Å²) < 4.78 is 5.39. The molecule has 5 fully saturated rings. The first-order valence-corrected chi connectivity index (χ1v) is 10.9. The molecule has 0 spiro atoms. The topological polar surface area (TPSA) is 58.6 Å². The lowest BCUT2D eigenvalue weighted by molar-refractivity contribution is -0.146. The van der Waals surface area contributed by atoms with Crippen LogP contribution in [0.5, 0.6) is 0 Å². The average Bonchev–Trinajstić information content (AvgIpc) is 2.71. The number of morpholine rings is 1. The van der Waals surface area contributed by atoms with Crippen molar-refractivity contribution < 1.29 is 14.3 Å². The maximum absolute atomic E-state index is 13.0. The van der Waals surface area contributed by atoms with Crippen LogP contribution in [0.15, 0.2) is 24.3 Å². The second-order valence-corrected chi connectivity index (χ2v) is 9.45. The quantitative estimate of drug-likeness (QED) is 0.796. The molecule has 150 valence electrons. The van der Waals surface area contributed by atoms with Crippen molar-refractivity contribution in [2.24, 2.45) is 23.2 Å². The predicted octanol–water partition coefficient (Wildman–Crippen LogP) is 3.04. The van der Waals surface area contributed by atoms with Gasteiger partial charge in [-0.05, 0) is 80.5 Å². The molecule has 28 heavy (non-hydrogen) atoms. The van der Waals surface area contributed by atoms with Crippen LogP contribution in [0.3, 0.4) is 0 Å². The first-order chi connectivity index (χ1) is 13.6. The van der Waals surface area contributed by atoms with E-state index in [2.05, 4.69) is 10.2 Å². The molecule has 1 heterocycles. The fraction of sp³-hybridized carbons (Fsp3) is 0.652. The molecule has 1 amide bonds. The lowest BCUT2D eigenvalue weighted by Gasteiger charge is -2.55. The molecule has 4 saturated carbocycles. The molecule has 5 aliphatic rings. The Balaban J connectivity index is 1.19. The number of nitrogens with one attached hydrogen (secondary N) is 1. The Bertz CT molecular complexity index is 716. The summed E-state index contributed by atoms with van der Waals surface area (Å²) in [4.78, 5) is 27.9. The van der Waals surface area contributed by atoms with Crippen molar-refractivity contribution in [1.82, 2.24) is 5.32 Å². The molecule has 6 rings (SSSR count). The van der Waals surface area contributed by atoms with E-state index < -0.39 is 0 Å². The highest BCUT2D eigenvalue weighted by atomic mass is 16.5. The first-order valence-electron chi connectivity index (χ1n) is 10.9. The lowest BCUT2D eigenvalue weighted by atomic mass is 9.49. The van der Waals surface area contributed by atoms with E-state index in [-0.39, 0.29) is 23.7 Å². The Hall–Kier alpha value is -1.88. The third-order valence-electron chi connectivity index (χ3n) is 7.49. The molecular formula is C23H30N2O3. The lowest BCUT2D eigenvalue weighted by Crippen LogP contribution is -2.54. The van der Waals surface area contributed by atoms with E-state index in [1.807, 2.05) is 24.3 Å². The number of hydrogen-bond donors (Lipinski definition) is 1. The van der Waals surface area contributed by atoms with Gasteiger partial charge in [0.1, 0.15) is 0 Å². The van der Waals surface area contributed by atoms with Crippen molar-refractivity contribution >= 4 is 17.4 Å². The minimum atomic E-state index is -0.185. The molecule has 0 atom stereocenters. The average molecular weight is 383 g/mol. The number of benzene rings is 1. The molecule has 1 saturated heterocycles. The molecule has 5 nitrogen and oxygen atoms in total. The predicted molar refractivity (Wildman–Crippen MR) is 107 cm³/mol. The van der Waals surface area contributed by atoms with Crippen LogP contribution in [0, 0.1) is 23.2 Å². The van der Waals surface area contributed by atoms with Gasteiger partial charge in [0.2, 0.25) is 5.91 Å². The van der Waals surface area contributed by atoms with Crippen molar-refractivity contribution in [3.63, 3.8) is 0 Å². The second kappa shape index (κ2) is 7.18. The molecule has 1 aliphatic heterocycles. The van der Waals surface area contributed by atoms with Crippen LogP contribution in [0.25, 0.3) is 0 Å². The molecular weight excluding hydrogens is 352 g/mol. The molecule has 4 aliphatic carbocycles. The van der Waals surface area contributed by atoms with Crippen LogP contribution in [-0.4, -0.2) is 44.5 Å². The molecule has 1 aromatic rings. The summed E-state index contributed by atoms with van der Waals surface area (Å²) in [5, 5.41) is 3.00. The van der Waals surface area contributed by atoms with Gasteiger partial charge < -0.3 is 15.0 Å². The van der Waals surface area contributed by atoms with E-state index in [1.54, 1.807) is 0 Å². The Morgan fingerprint density at radius 2 is 1.54 bits per heavy atom. The van der Waals surface area contributed by atoms with Crippen molar-refractivity contribution in [3.05, 3.63) is 29.8 Å². The van der Waals surface area contributed by atoms with Gasteiger partial charge in [-0.1, -0.05) is 0 Å². The minimum Gasteiger partial charge on any atom is -0.378 e. The van der Waals surface area contributed by atoms with Gasteiger partial charge in [0.25, 0.3) is 0 Å². The fourth-order valence-corrected chi connectivity index (χ4v) is 6.52. The van der Waals surface area contributed by atoms with Gasteiger partial charge in [0.15, 0.2) is 5.78 Å². The van der Waals surface area contributed by atoms with Crippen molar-refractivity contribution in [1.29, 1.82) is 0 Å². The number of carbonyl (C=O) groups is 2. The highest BCUT2D eigenvalue weighted by molar-refractivity contribution is 6.00. The Morgan fingerprint density at radius 3 is 2.11 bits per heavy atom. The van der Waals surface area contributed by atoms with Crippen molar-refractivity contribution in [3.8, 4) is 0 Å². The monoisotopic (exact) mass is 382 g/mol. The van der Waals surface area contributed by atoms with Crippen LogP contribution in [0.4, 0.5) is 5.69 Å². The van der Waals surface area contributed by atoms with Gasteiger partial charge >= 0.3 is 0 Å². The van der Waals surface area contributed by atoms with Gasteiger partial charge in [-0.15, -0.1) is 0 Å². The Kier molecular flexibility index (Phi) is 4.66. The van der Waals surface area contributed by atoms with Gasteiger partial charge in [-0.2, -0.15) is 0 Å². The maximum Gasteiger partial charge on any atom is 0.226 e. The normalized spacial score (nSPS) is 33.7. The third kappa shape index (κ3) is 3.34. The Labute approximate surface area is 166 Å². The molecule has 1 N–H and O–H groups in total. The zero-order valence-electron chi connectivity index (χ0n) is 16.5. The van der Waals surface area contributed by atoms with Crippen molar-refractivity contribution in [2.45, 2.75) is 38.5 Å². The third-order valence-corrected chi connectivity index (χ3v) is 7.49. The number of anilines is 1. The number of amides is 1. The summed E-state index contributed by atoms with van der Waals surface area (Å²) >= 11 is 0. The standard InChI is InChI=1S/C23H30N2O3/c26-21(19-1-3-20(4-2-19)25-5-7-28-8-6-25)15-24-22(27)23-12-16-9-17(13-23)11-18(10-16)14-23/h1-4,16-18H,5-15H2,(H,24,27). The molecule has 4 bridgehead atoms. The van der Waals surface area contributed by atoms with Crippen molar-refractivity contribution in [2.75, 3.05) is 37.7 Å². The number of rotatable bonds is 5. The van der Waals surface area contributed by atoms with Gasteiger partial charge in [-0.25, -0.2) is 0 Å². The second-order valence-electron chi connectivity index (χ2n) is 9.45. The van der Waals surface area contributed by atoms with E-state index in [0.29, 0.717) is 5.56 Å². The number of carbonyl (C=O) groups excluding carboxylic acids is 2. The van der Waals surface area contributed by atoms with Crippen LogP contribution in [0.2, 0.25) is 0 Å². The number of Topliss-reactive ketones (excluding diaryl/α,β-unsaturated/α-hetero) is 1. The Morgan fingerprint density at radius 1 is 0.964 bits per heavy atom. The molecule has 0 aromatic heterocycles. The maximum atomic E-state index is 13.0.